The molecule has 43 heavy (non-hydrogen) atoms. The van der Waals surface area contributed by atoms with Crippen LogP contribution in [0.2, 0.25) is 0 Å². The first-order valence-electron chi connectivity index (χ1n) is 15.1. The first kappa shape index (κ1) is 29.7. The number of aromatic nitrogens is 2. The number of hydrogen-bond acceptors (Lipinski definition) is 7. The number of rotatable bonds is 8. The van der Waals surface area contributed by atoms with Crippen LogP contribution in [0.1, 0.15) is 73.4 Å². The fourth-order valence-corrected chi connectivity index (χ4v) is 7.61. The Kier molecular flexibility index (Phi) is 7.99. The third kappa shape index (κ3) is 5.90. The van der Waals surface area contributed by atoms with Crippen molar-refractivity contribution >= 4 is 23.5 Å². The zero-order valence-electron chi connectivity index (χ0n) is 24.2. The van der Waals surface area contributed by atoms with Gasteiger partial charge in [-0.1, -0.05) is 6.92 Å². The molecule has 0 radical (unpaired) electrons. The van der Waals surface area contributed by atoms with Crippen molar-refractivity contribution in [3.63, 3.8) is 0 Å². The van der Waals surface area contributed by atoms with Gasteiger partial charge in [-0.2, -0.15) is 13.2 Å². The molecule has 1 saturated heterocycles. The first-order chi connectivity index (χ1) is 20.5. The fraction of sp³-hybridized carbons (Fsp3) is 0.613. The number of nitrogens with zero attached hydrogens (tertiary/aromatic N) is 3. The SMILES string of the molecule is CC1CC2CC(C1)C(NC(=O)c1cnc(N3CCc4cc(OCCC5CCOCC5)cnc43)cc1C(F)(F)F)(C(=O)O)C2. The number of nitrogens with one attached hydrogen (secondary N) is 1. The lowest BCUT2D eigenvalue weighted by Crippen LogP contribution is -2.57. The molecule has 1 amide bonds. The van der Waals surface area contributed by atoms with E-state index in [1.165, 1.54) is 0 Å². The quantitative estimate of drug-likeness (QED) is 0.413. The highest BCUT2D eigenvalue weighted by atomic mass is 19.4. The molecule has 2 bridgehead atoms. The molecule has 4 unspecified atom stereocenters. The molecule has 6 rings (SSSR count). The minimum absolute atomic E-state index is 0.0156. The van der Waals surface area contributed by atoms with Crippen LogP contribution in [0.3, 0.4) is 0 Å². The molecule has 12 heteroatoms. The van der Waals surface area contributed by atoms with E-state index in [1.54, 1.807) is 11.1 Å². The van der Waals surface area contributed by atoms with Crippen molar-refractivity contribution in [1.82, 2.24) is 15.3 Å². The highest BCUT2D eigenvalue weighted by Crippen LogP contribution is 2.51. The van der Waals surface area contributed by atoms with Gasteiger partial charge < -0.3 is 24.8 Å². The van der Waals surface area contributed by atoms with Crippen LogP contribution < -0.4 is 15.0 Å². The first-order valence-corrected chi connectivity index (χ1v) is 15.1. The molecule has 2 aromatic rings. The second-order valence-corrected chi connectivity index (χ2v) is 12.6. The monoisotopic (exact) mass is 602 g/mol. The van der Waals surface area contributed by atoms with Gasteiger partial charge >= 0.3 is 12.1 Å². The Morgan fingerprint density at radius 3 is 2.70 bits per heavy atom. The largest absolute Gasteiger partial charge is 0.492 e. The molecule has 0 spiro atoms. The van der Waals surface area contributed by atoms with Gasteiger partial charge in [-0.3, -0.25) is 4.79 Å². The number of aliphatic carboxylic acids is 1. The number of pyridine rings is 2. The Morgan fingerprint density at radius 1 is 1.16 bits per heavy atom. The number of alkyl halides is 3. The third-order valence-electron chi connectivity index (χ3n) is 9.70. The summed E-state index contributed by atoms with van der Waals surface area (Å²) in [6.45, 7) is 4.52. The van der Waals surface area contributed by atoms with Gasteiger partial charge in [0.25, 0.3) is 5.91 Å². The predicted octanol–water partition coefficient (Wildman–Crippen LogP) is 5.39. The third-order valence-corrected chi connectivity index (χ3v) is 9.70. The van der Waals surface area contributed by atoms with Crippen LogP contribution in [0.5, 0.6) is 5.75 Å². The molecule has 4 atom stereocenters. The Hall–Kier alpha value is -3.41. The smallest absolute Gasteiger partial charge is 0.417 e. The van der Waals surface area contributed by atoms with E-state index in [9.17, 15) is 27.9 Å². The van der Waals surface area contributed by atoms with E-state index in [0.29, 0.717) is 55.8 Å². The van der Waals surface area contributed by atoms with Crippen molar-refractivity contribution in [2.75, 3.05) is 31.3 Å². The molecule has 2 saturated carbocycles. The lowest BCUT2D eigenvalue weighted by Gasteiger charge is -2.33. The molecule has 0 aromatic carbocycles. The van der Waals surface area contributed by atoms with Crippen molar-refractivity contribution in [3.05, 3.63) is 41.2 Å². The average Bonchev–Trinajstić information content (AvgIpc) is 3.50. The maximum absolute atomic E-state index is 14.3. The van der Waals surface area contributed by atoms with Crippen molar-refractivity contribution in [1.29, 1.82) is 0 Å². The van der Waals surface area contributed by atoms with Crippen LogP contribution in [0, 0.1) is 23.7 Å². The van der Waals surface area contributed by atoms with Gasteiger partial charge in [0, 0.05) is 31.5 Å². The standard InChI is InChI=1S/C31H37F3N4O5/c1-18-10-20-12-22(11-18)30(15-20,29(40)41)37-28(39)24-17-35-26(14-25(24)31(32,33)34)38-6-2-21-13-23(16-36-27(21)38)43-9-5-19-3-7-42-8-4-19/h13-14,16-20,22H,2-12,15H2,1H3,(H,37,39)(H,40,41). The number of carbonyl (C=O) groups excluding carboxylic acids is 1. The van der Waals surface area contributed by atoms with Crippen LogP contribution in [0.4, 0.5) is 24.8 Å². The fourth-order valence-electron chi connectivity index (χ4n) is 7.61. The number of carboxylic acids is 1. The molecule has 2 aromatic heterocycles. The van der Waals surface area contributed by atoms with Crippen molar-refractivity contribution in [3.8, 4) is 5.75 Å². The second-order valence-electron chi connectivity index (χ2n) is 12.6. The number of amides is 1. The van der Waals surface area contributed by atoms with Crippen LogP contribution in [-0.2, 0) is 22.1 Å². The van der Waals surface area contributed by atoms with E-state index in [0.717, 1.165) is 56.7 Å². The van der Waals surface area contributed by atoms with Crippen molar-refractivity contribution in [2.45, 2.75) is 70.0 Å². The summed E-state index contributed by atoms with van der Waals surface area (Å²) in [4.78, 5) is 36.1. The average molecular weight is 603 g/mol. The molecular weight excluding hydrogens is 565 g/mol. The van der Waals surface area contributed by atoms with Gasteiger partial charge in [0.15, 0.2) is 0 Å². The number of halogens is 3. The highest BCUT2D eigenvalue weighted by molar-refractivity contribution is 5.99. The van der Waals surface area contributed by atoms with Crippen LogP contribution >= 0.6 is 0 Å². The maximum Gasteiger partial charge on any atom is 0.417 e. The van der Waals surface area contributed by atoms with Gasteiger partial charge in [-0.25, -0.2) is 14.8 Å². The minimum Gasteiger partial charge on any atom is -0.492 e. The summed E-state index contributed by atoms with van der Waals surface area (Å²) >= 11 is 0. The zero-order chi connectivity index (χ0) is 30.4. The predicted molar refractivity (Wildman–Crippen MR) is 150 cm³/mol. The summed E-state index contributed by atoms with van der Waals surface area (Å²) in [5.74, 6) is -0.494. The number of anilines is 2. The van der Waals surface area contributed by atoms with E-state index in [1.807, 2.05) is 13.0 Å². The highest BCUT2D eigenvalue weighted by Gasteiger charge is 2.56. The van der Waals surface area contributed by atoms with Crippen LogP contribution in [0.25, 0.3) is 0 Å². The van der Waals surface area contributed by atoms with Crippen molar-refractivity contribution in [2.24, 2.45) is 23.7 Å². The summed E-state index contributed by atoms with van der Waals surface area (Å²) in [7, 11) is 0. The molecule has 232 valence electrons. The summed E-state index contributed by atoms with van der Waals surface area (Å²) in [5.41, 5.74) is -2.60. The summed E-state index contributed by atoms with van der Waals surface area (Å²) in [6, 6.07) is 2.72. The number of fused-ring (bicyclic) bond motifs is 3. The number of hydrogen-bond donors (Lipinski definition) is 2. The van der Waals surface area contributed by atoms with Crippen LogP contribution in [-0.4, -0.2) is 58.9 Å². The van der Waals surface area contributed by atoms with Gasteiger partial charge in [-0.15, -0.1) is 0 Å². The topological polar surface area (TPSA) is 114 Å². The Balaban J connectivity index is 1.20. The minimum atomic E-state index is -4.86. The van der Waals surface area contributed by atoms with Gasteiger partial charge in [-0.05, 0) is 87.2 Å². The Morgan fingerprint density at radius 2 is 1.95 bits per heavy atom. The van der Waals surface area contributed by atoms with E-state index in [2.05, 4.69) is 15.3 Å². The van der Waals surface area contributed by atoms with Gasteiger partial charge in [0.2, 0.25) is 0 Å². The summed E-state index contributed by atoms with van der Waals surface area (Å²) in [6.07, 6.45) is 3.44. The molecule has 9 nitrogen and oxygen atoms in total. The normalized spacial score (nSPS) is 27.2. The van der Waals surface area contributed by atoms with Gasteiger partial charge in [0.1, 0.15) is 22.9 Å². The van der Waals surface area contributed by atoms with E-state index < -0.39 is 34.7 Å². The molecule has 2 aliphatic heterocycles. The molecule has 3 fully saturated rings. The van der Waals surface area contributed by atoms with Crippen molar-refractivity contribution < 1.29 is 37.3 Å². The summed E-state index contributed by atoms with van der Waals surface area (Å²) in [5, 5.41) is 12.7. The molecule has 2 N–H and O–H groups in total. The summed E-state index contributed by atoms with van der Waals surface area (Å²) < 4.78 is 54.3. The zero-order valence-corrected chi connectivity index (χ0v) is 24.2. The lowest BCUT2D eigenvalue weighted by molar-refractivity contribution is -0.146. The van der Waals surface area contributed by atoms with E-state index in [4.69, 9.17) is 9.47 Å². The second kappa shape index (κ2) is 11.6. The Bertz CT molecular complexity index is 1380. The lowest BCUT2D eigenvalue weighted by atomic mass is 9.78. The Labute approximate surface area is 248 Å². The molecular formula is C31H37F3N4O5. The molecule has 4 heterocycles. The number of carbonyl (C=O) groups is 2. The molecule has 2 aliphatic carbocycles. The number of carboxylic acid groups (broad SMARTS) is 1. The van der Waals surface area contributed by atoms with Gasteiger partial charge in [0.05, 0.1) is 23.9 Å². The molecule has 4 aliphatic rings. The van der Waals surface area contributed by atoms with E-state index >= 15 is 0 Å². The van der Waals surface area contributed by atoms with Crippen LogP contribution in [0.15, 0.2) is 24.5 Å². The number of ether oxygens (including phenoxy) is 2. The maximum atomic E-state index is 14.3. The van der Waals surface area contributed by atoms with E-state index in [-0.39, 0.29) is 24.1 Å².